The molecule has 2 N–H and O–H groups in total. The topological polar surface area (TPSA) is 75.6 Å². The second-order valence-electron chi connectivity index (χ2n) is 5.21. The second kappa shape index (κ2) is 6.51. The maximum absolute atomic E-state index is 13.0. The van der Waals surface area contributed by atoms with Gasteiger partial charge in [-0.25, -0.2) is 14.4 Å². The van der Waals surface area contributed by atoms with Crippen LogP contribution in [-0.2, 0) is 0 Å². The fourth-order valence-electron chi connectivity index (χ4n) is 2.01. The van der Waals surface area contributed by atoms with Crippen LogP contribution >= 0.6 is 0 Å². The Kier molecular flexibility index (Phi) is 4.27. The van der Waals surface area contributed by atoms with Gasteiger partial charge in [-0.1, -0.05) is 6.92 Å². The molecule has 3 aromatic rings. The van der Waals surface area contributed by atoms with Crippen LogP contribution in [0.1, 0.15) is 20.3 Å². The molecule has 0 aliphatic carbocycles. The molecule has 7 heteroatoms. The molecule has 1 unspecified atom stereocenters. The molecule has 23 heavy (non-hydrogen) atoms. The zero-order valence-electron chi connectivity index (χ0n) is 12.9. The van der Waals surface area contributed by atoms with E-state index in [1.807, 2.05) is 0 Å². The summed E-state index contributed by atoms with van der Waals surface area (Å²) in [5, 5.41) is 6.37. The number of nitrogens with one attached hydrogen (secondary N) is 2. The van der Waals surface area contributed by atoms with E-state index in [-0.39, 0.29) is 11.9 Å². The number of anilines is 3. The van der Waals surface area contributed by atoms with Gasteiger partial charge in [-0.3, -0.25) is 0 Å². The maximum atomic E-state index is 13.0. The fourth-order valence-corrected chi connectivity index (χ4v) is 2.01. The molecule has 0 amide bonds. The van der Waals surface area contributed by atoms with E-state index < -0.39 is 0 Å². The van der Waals surface area contributed by atoms with Crippen molar-refractivity contribution in [1.29, 1.82) is 0 Å². The van der Waals surface area contributed by atoms with E-state index in [1.165, 1.54) is 12.1 Å². The Balaban J connectivity index is 2.00. The van der Waals surface area contributed by atoms with Gasteiger partial charge in [0.05, 0.1) is 0 Å². The first-order valence-corrected chi connectivity index (χ1v) is 7.43. The van der Waals surface area contributed by atoms with Crippen LogP contribution in [0.5, 0.6) is 0 Å². The molecule has 0 saturated heterocycles. The third-order valence-corrected chi connectivity index (χ3v) is 3.43. The van der Waals surface area contributed by atoms with Crippen molar-refractivity contribution >= 4 is 28.6 Å². The molecule has 1 aromatic carbocycles. The van der Waals surface area contributed by atoms with Gasteiger partial charge in [0.15, 0.2) is 17.0 Å². The van der Waals surface area contributed by atoms with E-state index in [9.17, 15) is 4.39 Å². The van der Waals surface area contributed by atoms with E-state index in [0.717, 1.165) is 6.42 Å². The minimum atomic E-state index is -0.290. The summed E-state index contributed by atoms with van der Waals surface area (Å²) in [6.45, 7) is 4.13. The molecule has 0 radical (unpaired) electrons. The van der Waals surface area contributed by atoms with Crippen LogP contribution in [0.4, 0.5) is 21.8 Å². The van der Waals surface area contributed by atoms with Crippen molar-refractivity contribution in [2.75, 3.05) is 10.6 Å². The largest absolute Gasteiger partial charge is 0.352 e. The van der Waals surface area contributed by atoms with Crippen LogP contribution in [0.2, 0.25) is 0 Å². The molecular weight excluding hydrogens is 295 g/mol. The molecule has 0 saturated carbocycles. The molecule has 2 heterocycles. The Hall–Kier alpha value is -2.83. The first-order valence-electron chi connectivity index (χ1n) is 7.43. The molecule has 0 bridgehead atoms. The molecule has 2 aromatic heterocycles. The van der Waals surface area contributed by atoms with Gasteiger partial charge in [-0.15, -0.1) is 0 Å². The van der Waals surface area contributed by atoms with Gasteiger partial charge in [-0.2, -0.15) is 9.97 Å². The summed E-state index contributed by atoms with van der Waals surface area (Å²) in [4.78, 5) is 17.4. The van der Waals surface area contributed by atoms with Crippen molar-refractivity contribution < 1.29 is 4.39 Å². The summed E-state index contributed by atoms with van der Waals surface area (Å²) in [5.41, 5.74) is 1.77. The summed E-state index contributed by atoms with van der Waals surface area (Å²) in [5.74, 6) is 0.722. The number of benzene rings is 1. The molecule has 6 nitrogen and oxygen atoms in total. The van der Waals surface area contributed by atoms with Crippen molar-refractivity contribution in [3.05, 3.63) is 42.5 Å². The zero-order valence-corrected chi connectivity index (χ0v) is 12.9. The Morgan fingerprint density at radius 3 is 2.57 bits per heavy atom. The van der Waals surface area contributed by atoms with Crippen LogP contribution in [-0.4, -0.2) is 26.0 Å². The number of halogens is 1. The summed E-state index contributed by atoms with van der Waals surface area (Å²) < 4.78 is 13.0. The first kappa shape index (κ1) is 15.1. The quantitative estimate of drug-likeness (QED) is 0.751. The molecule has 118 valence electrons. The Bertz CT molecular complexity index is 805. The number of rotatable bonds is 5. The predicted octanol–water partition coefficient (Wildman–Crippen LogP) is 3.51. The lowest BCUT2D eigenvalue weighted by Gasteiger charge is -2.14. The van der Waals surface area contributed by atoms with E-state index in [1.54, 1.807) is 24.5 Å². The average molecular weight is 312 g/mol. The molecule has 3 rings (SSSR count). The Morgan fingerprint density at radius 2 is 1.83 bits per heavy atom. The highest BCUT2D eigenvalue weighted by molar-refractivity contribution is 5.85. The van der Waals surface area contributed by atoms with Crippen LogP contribution < -0.4 is 10.6 Å². The van der Waals surface area contributed by atoms with Crippen molar-refractivity contribution in [2.45, 2.75) is 26.3 Å². The molecule has 0 aliphatic rings. The van der Waals surface area contributed by atoms with Crippen LogP contribution in [0.15, 0.2) is 36.7 Å². The van der Waals surface area contributed by atoms with Crippen molar-refractivity contribution in [3.8, 4) is 0 Å². The molecular formula is C16H17FN6. The van der Waals surface area contributed by atoms with Gasteiger partial charge in [0.1, 0.15) is 5.82 Å². The normalized spacial score (nSPS) is 12.1. The second-order valence-corrected chi connectivity index (χ2v) is 5.21. The van der Waals surface area contributed by atoms with E-state index in [2.05, 4.69) is 44.4 Å². The SMILES string of the molecule is CCC(C)Nc1nc(Nc2ccc(F)cc2)c2nccnc2n1. The van der Waals surface area contributed by atoms with Gasteiger partial charge in [-0.05, 0) is 37.6 Å². The van der Waals surface area contributed by atoms with Gasteiger partial charge in [0, 0.05) is 24.1 Å². The van der Waals surface area contributed by atoms with Crippen molar-refractivity contribution in [1.82, 2.24) is 19.9 Å². The lowest BCUT2D eigenvalue weighted by Crippen LogP contribution is -2.16. The van der Waals surface area contributed by atoms with Crippen LogP contribution in [0.25, 0.3) is 11.2 Å². The highest BCUT2D eigenvalue weighted by Crippen LogP contribution is 2.22. The molecule has 1 atom stereocenters. The smallest absolute Gasteiger partial charge is 0.227 e. The van der Waals surface area contributed by atoms with Gasteiger partial charge < -0.3 is 10.6 Å². The predicted molar refractivity (Wildman–Crippen MR) is 88.2 cm³/mol. The van der Waals surface area contributed by atoms with E-state index in [0.29, 0.717) is 28.6 Å². The monoisotopic (exact) mass is 312 g/mol. The standard InChI is InChI=1S/C16H17FN6/c1-3-10(2)20-16-22-14-13(18-8-9-19-14)15(23-16)21-12-6-4-11(17)5-7-12/h4-10H,3H2,1-2H3,(H2,19,20,21,22,23). The fraction of sp³-hybridized carbons (Fsp3) is 0.250. The zero-order chi connectivity index (χ0) is 16.2. The Morgan fingerprint density at radius 1 is 1.09 bits per heavy atom. The molecule has 0 spiro atoms. The number of nitrogens with zero attached hydrogens (tertiary/aromatic N) is 4. The minimum Gasteiger partial charge on any atom is -0.352 e. The summed E-state index contributed by atoms with van der Waals surface area (Å²) in [7, 11) is 0. The first-order chi connectivity index (χ1) is 11.2. The van der Waals surface area contributed by atoms with E-state index >= 15 is 0 Å². The molecule has 0 aliphatic heterocycles. The highest BCUT2D eigenvalue weighted by Gasteiger charge is 2.11. The lowest BCUT2D eigenvalue weighted by molar-refractivity contribution is 0.628. The van der Waals surface area contributed by atoms with Crippen LogP contribution in [0.3, 0.4) is 0 Å². The Labute approximate surface area is 133 Å². The number of hydrogen-bond donors (Lipinski definition) is 2. The molecule has 0 fully saturated rings. The summed E-state index contributed by atoms with van der Waals surface area (Å²) >= 11 is 0. The number of aromatic nitrogens is 4. The average Bonchev–Trinajstić information content (AvgIpc) is 2.57. The van der Waals surface area contributed by atoms with Crippen molar-refractivity contribution in [2.24, 2.45) is 0 Å². The van der Waals surface area contributed by atoms with Gasteiger partial charge in [0.25, 0.3) is 0 Å². The van der Waals surface area contributed by atoms with Gasteiger partial charge in [0.2, 0.25) is 5.95 Å². The van der Waals surface area contributed by atoms with E-state index in [4.69, 9.17) is 0 Å². The third-order valence-electron chi connectivity index (χ3n) is 3.43. The number of hydrogen-bond acceptors (Lipinski definition) is 6. The summed E-state index contributed by atoms with van der Waals surface area (Å²) in [6.07, 6.45) is 4.12. The van der Waals surface area contributed by atoms with Gasteiger partial charge >= 0.3 is 0 Å². The van der Waals surface area contributed by atoms with Crippen LogP contribution in [0, 0.1) is 5.82 Å². The maximum Gasteiger partial charge on any atom is 0.227 e. The lowest BCUT2D eigenvalue weighted by atomic mass is 10.3. The minimum absolute atomic E-state index is 0.239. The summed E-state index contributed by atoms with van der Waals surface area (Å²) in [6, 6.07) is 6.29. The highest BCUT2D eigenvalue weighted by atomic mass is 19.1. The number of fused-ring (bicyclic) bond motifs is 1. The van der Waals surface area contributed by atoms with Crippen molar-refractivity contribution in [3.63, 3.8) is 0 Å². The third kappa shape index (κ3) is 3.50.